The summed E-state index contributed by atoms with van der Waals surface area (Å²) < 4.78 is 0. The molecule has 9 nitrogen and oxygen atoms in total. The average molecular weight is 399 g/mol. The second kappa shape index (κ2) is 11.0. The number of carbonyl (C=O) groups excluding carboxylic acids is 3. The number of rotatable bonds is 10. The molecule has 0 aromatic carbocycles. The Balaban J connectivity index is 2.80. The molecule has 3 atom stereocenters. The number of nitrogens with zero attached hydrogens (tertiary/aromatic N) is 1. The molecule has 160 valence electrons. The summed E-state index contributed by atoms with van der Waals surface area (Å²) >= 11 is 0. The molecule has 0 bridgehead atoms. The predicted octanol–water partition coefficient (Wildman–Crippen LogP) is 0.0825. The summed E-state index contributed by atoms with van der Waals surface area (Å²) in [6.45, 7) is 7.71. The molecule has 0 spiro atoms. The quantitative estimate of drug-likeness (QED) is 0.411. The molecular formula is C19H34N4O5. The van der Waals surface area contributed by atoms with Crippen molar-refractivity contribution in [2.75, 3.05) is 13.1 Å². The molecule has 3 unspecified atom stereocenters. The van der Waals surface area contributed by atoms with Crippen LogP contribution in [0.5, 0.6) is 0 Å². The molecule has 0 aromatic heterocycles. The molecule has 28 heavy (non-hydrogen) atoms. The standard InChI is InChI=1S/C19H34N4O5/c1-11(2)8-13(20)19(28)23-7-5-6-15(23)18(27)22-14(9-12(3)4)17(26)21-10-16(24)25/h11-15H,5-10,20H2,1-4H3,(H,21,26)(H,22,27)(H,24,25). The van der Waals surface area contributed by atoms with E-state index in [4.69, 9.17) is 10.8 Å². The first-order valence-corrected chi connectivity index (χ1v) is 9.88. The lowest BCUT2D eigenvalue weighted by molar-refractivity contribution is -0.141. The van der Waals surface area contributed by atoms with E-state index in [0.717, 1.165) is 0 Å². The zero-order valence-corrected chi connectivity index (χ0v) is 17.2. The zero-order valence-electron chi connectivity index (χ0n) is 17.2. The van der Waals surface area contributed by atoms with Gasteiger partial charge in [-0.05, 0) is 37.5 Å². The lowest BCUT2D eigenvalue weighted by Gasteiger charge is -2.29. The Bertz CT molecular complexity index is 579. The van der Waals surface area contributed by atoms with Crippen molar-refractivity contribution < 1.29 is 24.3 Å². The van der Waals surface area contributed by atoms with Gasteiger partial charge in [0.2, 0.25) is 17.7 Å². The van der Waals surface area contributed by atoms with Gasteiger partial charge in [0.25, 0.3) is 0 Å². The molecule has 1 fully saturated rings. The van der Waals surface area contributed by atoms with Crippen LogP contribution in [0.15, 0.2) is 0 Å². The first kappa shape index (κ1) is 23.9. The van der Waals surface area contributed by atoms with Crippen LogP contribution in [0.25, 0.3) is 0 Å². The molecule has 0 aliphatic carbocycles. The summed E-state index contributed by atoms with van der Waals surface area (Å²) in [6, 6.07) is -2.17. The Labute approximate surface area is 166 Å². The lowest BCUT2D eigenvalue weighted by Crippen LogP contribution is -2.55. The number of hydrogen-bond donors (Lipinski definition) is 4. The summed E-state index contributed by atoms with van der Waals surface area (Å²) in [5, 5.41) is 13.7. The van der Waals surface area contributed by atoms with Gasteiger partial charge in [-0.2, -0.15) is 0 Å². The highest BCUT2D eigenvalue weighted by atomic mass is 16.4. The Hall–Kier alpha value is -2.16. The lowest BCUT2D eigenvalue weighted by atomic mass is 10.0. The van der Waals surface area contributed by atoms with Gasteiger partial charge in [0.05, 0.1) is 6.04 Å². The normalized spacial score (nSPS) is 18.8. The SMILES string of the molecule is CC(C)CC(N)C(=O)N1CCCC1C(=O)NC(CC(C)C)C(=O)NCC(=O)O. The van der Waals surface area contributed by atoms with Gasteiger partial charge in [0.1, 0.15) is 18.6 Å². The van der Waals surface area contributed by atoms with Crippen LogP contribution in [0.2, 0.25) is 0 Å². The van der Waals surface area contributed by atoms with E-state index in [2.05, 4.69) is 10.6 Å². The van der Waals surface area contributed by atoms with Gasteiger partial charge in [-0.1, -0.05) is 27.7 Å². The predicted molar refractivity (Wildman–Crippen MR) is 104 cm³/mol. The number of hydrogen-bond acceptors (Lipinski definition) is 5. The fourth-order valence-electron chi connectivity index (χ4n) is 3.38. The van der Waals surface area contributed by atoms with Gasteiger partial charge < -0.3 is 26.4 Å². The second-order valence-corrected chi connectivity index (χ2v) is 8.23. The monoisotopic (exact) mass is 398 g/mol. The first-order chi connectivity index (χ1) is 13.0. The third-order valence-corrected chi connectivity index (χ3v) is 4.63. The molecule has 1 aliphatic rings. The molecule has 0 saturated carbocycles. The average Bonchev–Trinajstić information content (AvgIpc) is 3.06. The number of carboxylic acid groups (broad SMARTS) is 1. The van der Waals surface area contributed by atoms with E-state index in [9.17, 15) is 19.2 Å². The van der Waals surface area contributed by atoms with E-state index in [0.29, 0.717) is 32.2 Å². The Morgan fingerprint density at radius 2 is 1.71 bits per heavy atom. The van der Waals surface area contributed by atoms with Crippen molar-refractivity contribution in [3.8, 4) is 0 Å². The van der Waals surface area contributed by atoms with Crippen molar-refractivity contribution in [2.24, 2.45) is 17.6 Å². The molecular weight excluding hydrogens is 364 g/mol. The molecule has 1 rings (SSSR count). The van der Waals surface area contributed by atoms with E-state index in [1.807, 2.05) is 27.7 Å². The number of amides is 3. The van der Waals surface area contributed by atoms with Gasteiger partial charge in [-0.15, -0.1) is 0 Å². The molecule has 5 N–H and O–H groups in total. The fourth-order valence-corrected chi connectivity index (χ4v) is 3.38. The number of likely N-dealkylation sites (tertiary alicyclic amines) is 1. The first-order valence-electron chi connectivity index (χ1n) is 9.88. The minimum Gasteiger partial charge on any atom is -0.480 e. The van der Waals surface area contributed by atoms with Crippen molar-refractivity contribution in [3.63, 3.8) is 0 Å². The third kappa shape index (κ3) is 7.46. The molecule has 1 heterocycles. The van der Waals surface area contributed by atoms with Crippen LogP contribution in [0, 0.1) is 11.8 Å². The maximum absolute atomic E-state index is 12.8. The van der Waals surface area contributed by atoms with Crippen molar-refractivity contribution >= 4 is 23.7 Å². The molecule has 0 radical (unpaired) electrons. The summed E-state index contributed by atoms with van der Waals surface area (Å²) in [4.78, 5) is 49.9. The maximum atomic E-state index is 12.8. The number of nitrogens with two attached hydrogens (primary N) is 1. The highest BCUT2D eigenvalue weighted by molar-refractivity contribution is 5.94. The number of carboxylic acids is 1. The van der Waals surface area contributed by atoms with E-state index in [1.54, 1.807) is 0 Å². The van der Waals surface area contributed by atoms with E-state index < -0.39 is 42.5 Å². The van der Waals surface area contributed by atoms with E-state index in [1.165, 1.54) is 4.90 Å². The Morgan fingerprint density at radius 3 is 2.25 bits per heavy atom. The van der Waals surface area contributed by atoms with Crippen LogP contribution >= 0.6 is 0 Å². The van der Waals surface area contributed by atoms with Crippen LogP contribution in [0.3, 0.4) is 0 Å². The molecule has 1 aliphatic heterocycles. The Kier molecular flexibility index (Phi) is 9.37. The summed E-state index contributed by atoms with van der Waals surface area (Å²) in [7, 11) is 0. The second-order valence-electron chi connectivity index (χ2n) is 8.23. The molecule has 9 heteroatoms. The summed E-state index contributed by atoms with van der Waals surface area (Å²) in [6.07, 6.45) is 2.11. The van der Waals surface area contributed by atoms with Crippen LogP contribution in [-0.4, -0.2) is 64.9 Å². The number of carbonyl (C=O) groups is 4. The van der Waals surface area contributed by atoms with Crippen LogP contribution in [-0.2, 0) is 19.2 Å². The van der Waals surface area contributed by atoms with Gasteiger partial charge in [-0.3, -0.25) is 19.2 Å². The Morgan fingerprint density at radius 1 is 1.11 bits per heavy atom. The molecule has 0 aromatic rings. The summed E-state index contributed by atoms with van der Waals surface area (Å²) in [5.74, 6) is -1.98. The van der Waals surface area contributed by atoms with Crippen molar-refractivity contribution in [3.05, 3.63) is 0 Å². The summed E-state index contributed by atoms with van der Waals surface area (Å²) in [5.41, 5.74) is 6.00. The minimum atomic E-state index is -1.16. The number of nitrogens with one attached hydrogen (secondary N) is 2. The van der Waals surface area contributed by atoms with Gasteiger partial charge in [0, 0.05) is 6.54 Å². The minimum absolute atomic E-state index is 0.113. The van der Waals surface area contributed by atoms with Crippen LogP contribution in [0.4, 0.5) is 0 Å². The number of aliphatic carboxylic acids is 1. The largest absolute Gasteiger partial charge is 0.480 e. The van der Waals surface area contributed by atoms with Gasteiger partial charge in [-0.25, -0.2) is 0 Å². The van der Waals surface area contributed by atoms with Crippen LogP contribution < -0.4 is 16.4 Å². The smallest absolute Gasteiger partial charge is 0.322 e. The van der Waals surface area contributed by atoms with Crippen LogP contribution in [0.1, 0.15) is 53.4 Å². The topological polar surface area (TPSA) is 142 Å². The zero-order chi connectivity index (χ0) is 21.4. The van der Waals surface area contributed by atoms with Crippen molar-refractivity contribution in [2.45, 2.75) is 71.5 Å². The van der Waals surface area contributed by atoms with Crippen molar-refractivity contribution in [1.29, 1.82) is 0 Å². The van der Waals surface area contributed by atoms with E-state index in [-0.39, 0.29) is 17.7 Å². The highest BCUT2D eigenvalue weighted by Gasteiger charge is 2.37. The molecule has 1 saturated heterocycles. The van der Waals surface area contributed by atoms with Gasteiger partial charge >= 0.3 is 5.97 Å². The van der Waals surface area contributed by atoms with Crippen molar-refractivity contribution in [1.82, 2.24) is 15.5 Å². The molecule has 3 amide bonds. The van der Waals surface area contributed by atoms with E-state index >= 15 is 0 Å². The fraction of sp³-hybridized carbons (Fsp3) is 0.789. The third-order valence-electron chi connectivity index (χ3n) is 4.63. The highest BCUT2D eigenvalue weighted by Crippen LogP contribution is 2.20. The maximum Gasteiger partial charge on any atom is 0.322 e. The van der Waals surface area contributed by atoms with Gasteiger partial charge in [0.15, 0.2) is 0 Å².